The number of nitrogens with zero attached hydrogens (tertiary/aromatic N) is 3. The first-order chi connectivity index (χ1) is 16.9. The number of fused-ring (bicyclic) bond motifs is 1. The molecule has 2 heterocycles. The molecule has 0 spiro atoms. The molecule has 1 amide bonds. The van der Waals surface area contributed by atoms with E-state index in [0.29, 0.717) is 27.9 Å². The Kier molecular flexibility index (Phi) is 6.54. The number of carbonyl (C=O) groups excluding carboxylic acids is 1. The van der Waals surface area contributed by atoms with E-state index in [0.717, 1.165) is 44.6 Å². The third-order valence-electron chi connectivity index (χ3n) is 6.28. The third-order valence-corrected chi connectivity index (χ3v) is 7.25. The van der Waals surface area contributed by atoms with Crippen molar-refractivity contribution >= 4 is 57.3 Å². The lowest BCUT2D eigenvalue weighted by molar-refractivity contribution is -0.132. The highest BCUT2D eigenvalue weighted by atomic mass is 35.5. The maximum atomic E-state index is 13.0. The molecule has 0 aliphatic carbocycles. The van der Waals surface area contributed by atoms with Crippen LogP contribution < -0.4 is 0 Å². The van der Waals surface area contributed by atoms with Gasteiger partial charge in [0.05, 0.1) is 27.3 Å². The van der Waals surface area contributed by atoms with Crippen molar-refractivity contribution in [3.05, 3.63) is 98.6 Å². The van der Waals surface area contributed by atoms with Crippen LogP contribution >= 0.6 is 34.8 Å². The number of aryl methyl sites for hydroxylation is 1. The molecule has 35 heavy (non-hydrogen) atoms. The van der Waals surface area contributed by atoms with Crippen LogP contribution in [-0.4, -0.2) is 21.6 Å². The Morgan fingerprint density at radius 3 is 2.46 bits per heavy atom. The van der Waals surface area contributed by atoms with Gasteiger partial charge in [-0.1, -0.05) is 78.1 Å². The predicted octanol–water partition coefficient (Wildman–Crippen LogP) is 8.26. The van der Waals surface area contributed by atoms with Crippen molar-refractivity contribution in [3.8, 4) is 11.1 Å². The van der Waals surface area contributed by atoms with E-state index in [1.165, 1.54) is 0 Å². The van der Waals surface area contributed by atoms with Crippen LogP contribution in [0.25, 0.3) is 22.0 Å². The lowest BCUT2D eigenvalue weighted by Gasteiger charge is -2.22. The molecule has 0 N–H and O–H groups in total. The maximum Gasteiger partial charge on any atom is 0.242 e. The number of amides is 1. The van der Waals surface area contributed by atoms with Crippen molar-refractivity contribution < 1.29 is 4.79 Å². The van der Waals surface area contributed by atoms with E-state index in [1.54, 1.807) is 11.1 Å². The quantitative estimate of drug-likeness (QED) is 0.271. The summed E-state index contributed by atoms with van der Waals surface area (Å²) in [5.41, 5.74) is 6.35. The Hall–Kier alpha value is -2.92. The summed E-state index contributed by atoms with van der Waals surface area (Å²) in [6.07, 6.45) is 0.864. The molecule has 0 fully saturated rings. The number of benzene rings is 3. The number of pyridine rings is 1. The van der Waals surface area contributed by atoms with Gasteiger partial charge in [-0.3, -0.25) is 9.78 Å². The summed E-state index contributed by atoms with van der Waals surface area (Å²) >= 11 is 18.9. The summed E-state index contributed by atoms with van der Waals surface area (Å²) in [6, 6.07) is 21.0. The van der Waals surface area contributed by atoms with Gasteiger partial charge in [-0.15, -0.1) is 0 Å². The molecule has 0 saturated carbocycles. The number of rotatable bonds is 4. The third kappa shape index (κ3) is 4.42. The second-order valence-electron chi connectivity index (χ2n) is 8.51. The van der Waals surface area contributed by atoms with E-state index in [-0.39, 0.29) is 11.9 Å². The first-order valence-electron chi connectivity index (χ1n) is 11.4. The van der Waals surface area contributed by atoms with Crippen molar-refractivity contribution in [2.24, 2.45) is 5.10 Å². The Bertz CT molecular complexity index is 1480. The van der Waals surface area contributed by atoms with Gasteiger partial charge in [0, 0.05) is 40.1 Å². The highest BCUT2D eigenvalue weighted by molar-refractivity contribution is 6.42. The molecule has 0 saturated heterocycles. The zero-order chi connectivity index (χ0) is 24.7. The molecule has 4 nitrogen and oxygen atoms in total. The number of hydrogen-bond donors (Lipinski definition) is 0. The van der Waals surface area contributed by atoms with Crippen molar-refractivity contribution in [2.45, 2.75) is 32.7 Å². The molecular formula is C28H22Cl3N3O. The minimum atomic E-state index is -0.287. The summed E-state index contributed by atoms with van der Waals surface area (Å²) in [5, 5.41) is 8.94. The molecule has 3 aromatic carbocycles. The second kappa shape index (κ2) is 9.62. The maximum absolute atomic E-state index is 13.0. The van der Waals surface area contributed by atoms with E-state index in [1.807, 2.05) is 62.4 Å². The smallest absolute Gasteiger partial charge is 0.242 e. The molecule has 0 bridgehead atoms. The van der Waals surface area contributed by atoms with E-state index in [4.69, 9.17) is 44.9 Å². The predicted molar refractivity (Wildman–Crippen MR) is 144 cm³/mol. The lowest BCUT2D eigenvalue weighted by Crippen LogP contribution is -2.26. The molecule has 0 radical (unpaired) electrons. The van der Waals surface area contributed by atoms with E-state index in [2.05, 4.69) is 12.1 Å². The summed E-state index contributed by atoms with van der Waals surface area (Å²) in [4.78, 5) is 17.8. The molecule has 1 atom stereocenters. The fourth-order valence-electron chi connectivity index (χ4n) is 4.65. The normalized spacial score (nSPS) is 15.5. The largest absolute Gasteiger partial charge is 0.273 e. The number of carbonyl (C=O) groups is 1. The molecule has 7 heteroatoms. The molecule has 1 aromatic heterocycles. The Labute approximate surface area is 219 Å². The van der Waals surface area contributed by atoms with Crippen LogP contribution in [0.2, 0.25) is 15.1 Å². The van der Waals surface area contributed by atoms with Gasteiger partial charge in [0.25, 0.3) is 0 Å². The van der Waals surface area contributed by atoms with Crippen LogP contribution in [0.5, 0.6) is 0 Å². The second-order valence-corrected chi connectivity index (χ2v) is 9.76. The summed E-state index contributed by atoms with van der Waals surface area (Å²) < 4.78 is 0. The SMILES string of the molecule is CCC(=O)N1N=C(c2c(C)nc3ccc(Cl)cc3c2-c2ccccc2)C[C@@H]1c1ccc(Cl)c(Cl)c1. The minimum absolute atomic E-state index is 0.0632. The van der Waals surface area contributed by atoms with Gasteiger partial charge >= 0.3 is 0 Å². The van der Waals surface area contributed by atoms with Crippen molar-refractivity contribution in [1.29, 1.82) is 0 Å². The number of halogens is 3. The van der Waals surface area contributed by atoms with Gasteiger partial charge in [-0.05, 0) is 48.4 Å². The molecule has 176 valence electrons. The van der Waals surface area contributed by atoms with Gasteiger partial charge in [0.2, 0.25) is 5.91 Å². The van der Waals surface area contributed by atoms with Crippen molar-refractivity contribution in [3.63, 3.8) is 0 Å². The van der Waals surface area contributed by atoms with Crippen molar-refractivity contribution in [1.82, 2.24) is 9.99 Å². The van der Waals surface area contributed by atoms with Crippen LogP contribution in [0.1, 0.15) is 42.6 Å². The van der Waals surface area contributed by atoms with Gasteiger partial charge in [-0.2, -0.15) is 5.10 Å². The fourth-order valence-corrected chi connectivity index (χ4v) is 5.13. The zero-order valence-corrected chi connectivity index (χ0v) is 21.5. The Morgan fingerprint density at radius 2 is 1.74 bits per heavy atom. The van der Waals surface area contributed by atoms with Crippen LogP contribution in [0.4, 0.5) is 0 Å². The summed E-state index contributed by atoms with van der Waals surface area (Å²) in [5.74, 6) is -0.0632. The van der Waals surface area contributed by atoms with Crippen LogP contribution in [0.3, 0.4) is 0 Å². The number of hydrazone groups is 1. The first-order valence-corrected chi connectivity index (χ1v) is 12.5. The molecule has 1 aliphatic rings. The first kappa shape index (κ1) is 23.8. The van der Waals surface area contributed by atoms with Crippen LogP contribution in [0.15, 0.2) is 71.8 Å². The lowest BCUT2D eigenvalue weighted by atomic mass is 9.89. The molecular weight excluding hydrogens is 501 g/mol. The highest BCUT2D eigenvalue weighted by Crippen LogP contribution is 2.41. The Morgan fingerprint density at radius 1 is 0.971 bits per heavy atom. The molecule has 1 aliphatic heterocycles. The van der Waals surface area contributed by atoms with Gasteiger partial charge < -0.3 is 0 Å². The van der Waals surface area contributed by atoms with Gasteiger partial charge in [0.15, 0.2) is 0 Å². The highest BCUT2D eigenvalue weighted by Gasteiger charge is 2.34. The average Bonchev–Trinajstić information content (AvgIpc) is 3.30. The fraction of sp³-hybridized carbons (Fsp3) is 0.179. The molecule has 4 aromatic rings. The standard InChI is InChI=1S/C28H22Cl3N3O/c1-3-26(35)34-25(18-9-11-21(30)22(31)13-18)15-24(33-34)27-16(2)32-23-12-10-19(29)14-20(23)28(27)17-7-5-4-6-8-17/h4-14,25H,3,15H2,1-2H3/t25-/m1/s1. The summed E-state index contributed by atoms with van der Waals surface area (Å²) in [6.45, 7) is 3.82. The average molecular weight is 523 g/mol. The van der Waals surface area contributed by atoms with Gasteiger partial charge in [-0.25, -0.2) is 5.01 Å². The molecule has 0 unspecified atom stereocenters. The Balaban J connectivity index is 1.73. The van der Waals surface area contributed by atoms with Gasteiger partial charge in [0.1, 0.15) is 0 Å². The van der Waals surface area contributed by atoms with E-state index >= 15 is 0 Å². The van der Waals surface area contributed by atoms with Crippen LogP contribution in [-0.2, 0) is 4.79 Å². The monoisotopic (exact) mass is 521 g/mol. The van der Waals surface area contributed by atoms with E-state index < -0.39 is 0 Å². The van der Waals surface area contributed by atoms with Crippen LogP contribution in [0, 0.1) is 6.92 Å². The zero-order valence-electron chi connectivity index (χ0n) is 19.2. The molecule has 5 rings (SSSR count). The minimum Gasteiger partial charge on any atom is -0.273 e. The topological polar surface area (TPSA) is 45.6 Å². The van der Waals surface area contributed by atoms with Crippen molar-refractivity contribution in [2.75, 3.05) is 0 Å². The number of aromatic nitrogens is 1. The van der Waals surface area contributed by atoms with E-state index in [9.17, 15) is 4.79 Å². The number of hydrogen-bond acceptors (Lipinski definition) is 3. The summed E-state index contributed by atoms with van der Waals surface area (Å²) in [7, 11) is 0.